The standard InChI is InChI=1S/C11H16O3/c1-3-9(13)10(14)6-8(2)11(7-12)4-5-11/h6-7,13-14H,3-5H2,1-2H3/b8-6+,10-9-. The highest BCUT2D eigenvalue weighted by Crippen LogP contribution is 2.49. The van der Waals surface area contributed by atoms with Crippen molar-refractivity contribution in [2.45, 2.75) is 33.1 Å². The Morgan fingerprint density at radius 1 is 1.43 bits per heavy atom. The first-order chi connectivity index (χ1) is 6.55. The van der Waals surface area contributed by atoms with Crippen molar-refractivity contribution in [2.24, 2.45) is 5.41 Å². The monoisotopic (exact) mass is 196 g/mol. The smallest absolute Gasteiger partial charge is 0.152 e. The van der Waals surface area contributed by atoms with E-state index in [0.717, 1.165) is 24.7 Å². The molecule has 0 radical (unpaired) electrons. The maximum Gasteiger partial charge on any atom is 0.152 e. The van der Waals surface area contributed by atoms with E-state index in [-0.39, 0.29) is 16.9 Å². The Bertz CT molecular complexity index is 296. The molecule has 1 aliphatic carbocycles. The highest BCUT2D eigenvalue weighted by molar-refractivity contribution is 5.69. The van der Waals surface area contributed by atoms with E-state index in [9.17, 15) is 15.0 Å². The number of hydrogen-bond donors (Lipinski definition) is 2. The van der Waals surface area contributed by atoms with Crippen LogP contribution in [0, 0.1) is 5.41 Å². The Morgan fingerprint density at radius 2 is 2.00 bits per heavy atom. The van der Waals surface area contributed by atoms with E-state index in [1.807, 2.05) is 0 Å². The molecule has 0 heterocycles. The van der Waals surface area contributed by atoms with Crippen LogP contribution in [-0.2, 0) is 4.79 Å². The normalized spacial score (nSPS) is 21.4. The molecule has 0 bridgehead atoms. The van der Waals surface area contributed by atoms with Crippen LogP contribution < -0.4 is 0 Å². The van der Waals surface area contributed by atoms with Gasteiger partial charge in [0.1, 0.15) is 12.0 Å². The van der Waals surface area contributed by atoms with E-state index in [4.69, 9.17) is 0 Å². The molecule has 1 saturated carbocycles. The molecule has 0 aromatic carbocycles. The summed E-state index contributed by atoms with van der Waals surface area (Å²) in [5, 5.41) is 18.6. The molecular formula is C11H16O3. The Hall–Kier alpha value is -1.25. The van der Waals surface area contributed by atoms with Gasteiger partial charge in [-0.05, 0) is 25.8 Å². The Labute approximate surface area is 83.8 Å². The maximum absolute atomic E-state index is 10.8. The summed E-state index contributed by atoms with van der Waals surface area (Å²) in [5.74, 6) is -0.163. The zero-order chi connectivity index (χ0) is 10.8. The molecule has 1 rings (SSSR count). The molecule has 1 aliphatic rings. The maximum atomic E-state index is 10.8. The van der Waals surface area contributed by atoms with Crippen LogP contribution in [0.25, 0.3) is 0 Å². The van der Waals surface area contributed by atoms with Crippen LogP contribution in [0.1, 0.15) is 33.1 Å². The van der Waals surface area contributed by atoms with Crippen molar-refractivity contribution < 1.29 is 15.0 Å². The molecular weight excluding hydrogens is 180 g/mol. The van der Waals surface area contributed by atoms with Crippen LogP contribution in [0.3, 0.4) is 0 Å². The van der Waals surface area contributed by atoms with E-state index < -0.39 is 0 Å². The van der Waals surface area contributed by atoms with Gasteiger partial charge in [0, 0.05) is 11.8 Å². The summed E-state index contributed by atoms with van der Waals surface area (Å²) in [6.45, 7) is 3.56. The van der Waals surface area contributed by atoms with Gasteiger partial charge in [0.05, 0.1) is 0 Å². The predicted molar refractivity (Wildman–Crippen MR) is 54.1 cm³/mol. The summed E-state index contributed by atoms with van der Waals surface area (Å²) in [7, 11) is 0. The molecule has 0 unspecified atom stereocenters. The van der Waals surface area contributed by atoms with Gasteiger partial charge < -0.3 is 15.0 Å². The van der Waals surface area contributed by atoms with Crippen LogP contribution in [0.5, 0.6) is 0 Å². The third-order valence-electron chi connectivity index (χ3n) is 2.78. The summed E-state index contributed by atoms with van der Waals surface area (Å²) < 4.78 is 0. The van der Waals surface area contributed by atoms with Crippen molar-refractivity contribution in [3.63, 3.8) is 0 Å². The first kappa shape index (κ1) is 10.8. The molecule has 0 amide bonds. The quantitative estimate of drug-likeness (QED) is 0.413. The number of aldehydes is 1. The number of allylic oxidation sites excluding steroid dienone is 3. The van der Waals surface area contributed by atoms with E-state index in [0.29, 0.717) is 6.42 Å². The second-order valence-electron chi connectivity index (χ2n) is 3.79. The van der Waals surface area contributed by atoms with Crippen molar-refractivity contribution in [3.05, 3.63) is 23.2 Å². The molecule has 3 nitrogen and oxygen atoms in total. The number of aliphatic hydroxyl groups excluding tert-OH is 2. The third kappa shape index (κ3) is 1.97. The highest BCUT2D eigenvalue weighted by atomic mass is 16.3. The highest BCUT2D eigenvalue weighted by Gasteiger charge is 2.44. The third-order valence-corrected chi connectivity index (χ3v) is 2.78. The van der Waals surface area contributed by atoms with Gasteiger partial charge in [0.2, 0.25) is 0 Å². The fraction of sp³-hybridized carbons (Fsp3) is 0.545. The molecule has 14 heavy (non-hydrogen) atoms. The number of carbonyl (C=O) groups excluding carboxylic acids is 1. The van der Waals surface area contributed by atoms with Gasteiger partial charge in [-0.2, -0.15) is 0 Å². The van der Waals surface area contributed by atoms with Crippen molar-refractivity contribution in [3.8, 4) is 0 Å². The molecule has 0 saturated heterocycles. The summed E-state index contributed by atoms with van der Waals surface area (Å²) in [6, 6.07) is 0. The summed E-state index contributed by atoms with van der Waals surface area (Å²) in [6.07, 6.45) is 4.50. The van der Waals surface area contributed by atoms with Crippen LogP contribution in [0.4, 0.5) is 0 Å². The summed E-state index contributed by atoms with van der Waals surface area (Å²) in [5.41, 5.74) is 0.465. The van der Waals surface area contributed by atoms with Crippen LogP contribution in [-0.4, -0.2) is 16.5 Å². The van der Waals surface area contributed by atoms with Crippen molar-refractivity contribution in [1.82, 2.24) is 0 Å². The van der Waals surface area contributed by atoms with Crippen molar-refractivity contribution >= 4 is 6.29 Å². The average Bonchev–Trinajstić information content (AvgIpc) is 2.96. The molecule has 0 aliphatic heterocycles. The lowest BCUT2D eigenvalue weighted by molar-refractivity contribution is -0.111. The minimum atomic E-state index is -0.359. The molecule has 0 aromatic heterocycles. The Balaban J connectivity index is 2.83. The van der Waals surface area contributed by atoms with Gasteiger partial charge in [-0.1, -0.05) is 12.5 Å². The zero-order valence-electron chi connectivity index (χ0n) is 8.58. The van der Waals surface area contributed by atoms with Gasteiger partial charge >= 0.3 is 0 Å². The van der Waals surface area contributed by atoms with Gasteiger partial charge in [-0.25, -0.2) is 0 Å². The molecule has 3 heteroatoms. The topological polar surface area (TPSA) is 57.5 Å². The largest absolute Gasteiger partial charge is 0.508 e. The molecule has 2 N–H and O–H groups in total. The number of hydrogen-bond acceptors (Lipinski definition) is 3. The van der Waals surface area contributed by atoms with Gasteiger partial charge in [0.25, 0.3) is 0 Å². The molecule has 1 fully saturated rings. The average molecular weight is 196 g/mol. The van der Waals surface area contributed by atoms with Crippen LogP contribution in [0.15, 0.2) is 23.2 Å². The number of carbonyl (C=O) groups is 1. The van der Waals surface area contributed by atoms with Gasteiger partial charge in [0.15, 0.2) is 5.76 Å². The second-order valence-corrected chi connectivity index (χ2v) is 3.79. The molecule has 0 aromatic rings. The zero-order valence-corrected chi connectivity index (χ0v) is 8.58. The summed E-state index contributed by atoms with van der Waals surface area (Å²) >= 11 is 0. The lowest BCUT2D eigenvalue weighted by Gasteiger charge is -2.07. The van der Waals surface area contributed by atoms with Gasteiger partial charge in [-0.3, -0.25) is 0 Å². The van der Waals surface area contributed by atoms with E-state index in [1.54, 1.807) is 13.8 Å². The molecule has 0 spiro atoms. The van der Waals surface area contributed by atoms with Crippen molar-refractivity contribution in [2.75, 3.05) is 0 Å². The Kier molecular flexibility index (Phi) is 2.99. The number of aliphatic hydroxyl groups is 2. The molecule has 0 atom stereocenters. The first-order valence-corrected chi connectivity index (χ1v) is 4.82. The van der Waals surface area contributed by atoms with Crippen molar-refractivity contribution in [1.29, 1.82) is 0 Å². The fourth-order valence-electron chi connectivity index (χ4n) is 1.35. The lowest BCUT2D eigenvalue weighted by Crippen LogP contribution is -2.04. The minimum Gasteiger partial charge on any atom is -0.508 e. The SMILES string of the molecule is CC/C(O)=C(O)\C=C(/C)C1(C=O)CC1. The second kappa shape index (κ2) is 3.86. The van der Waals surface area contributed by atoms with E-state index in [2.05, 4.69) is 0 Å². The van der Waals surface area contributed by atoms with E-state index >= 15 is 0 Å². The van der Waals surface area contributed by atoms with Crippen LogP contribution in [0.2, 0.25) is 0 Å². The predicted octanol–water partition coefficient (Wildman–Crippen LogP) is 2.65. The number of rotatable bonds is 4. The Morgan fingerprint density at radius 3 is 2.36 bits per heavy atom. The fourth-order valence-corrected chi connectivity index (χ4v) is 1.35. The van der Waals surface area contributed by atoms with E-state index in [1.165, 1.54) is 6.08 Å². The lowest BCUT2D eigenvalue weighted by atomic mass is 9.98. The minimum absolute atomic E-state index is 0.0361. The van der Waals surface area contributed by atoms with Gasteiger partial charge in [-0.15, -0.1) is 0 Å². The molecule has 78 valence electrons. The summed E-state index contributed by atoms with van der Waals surface area (Å²) in [4.78, 5) is 10.8. The van der Waals surface area contributed by atoms with Crippen LogP contribution >= 0.6 is 0 Å². The first-order valence-electron chi connectivity index (χ1n) is 4.82.